The Bertz CT molecular complexity index is 2160. The highest BCUT2D eigenvalue weighted by atomic mass is 16.5. The lowest BCUT2D eigenvalue weighted by molar-refractivity contribution is 0.0590. The molecule has 1 N–H and O–H groups in total. The van der Waals surface area contributed by atoms with Crippen LogP contribution in [0.15, 0.2) is 60.9 Å². The first kappa shape index (κ1) is 39.8. The number of carboxylic acids is 1. The number of ether oxygens (including phenoxy) is 5. The predicted octanol–water partition coefficient (Wildman–Crippen LogP) is 7.78. The summed E-state index contributed by atoms with van der Waals surface area (Å²) in [5, 5.41) is 9.64. The maximum absolute atomic E-state index is 12.4. The maximum Gasteiger partial charge on any atom is 0.358 e. The van der Waals surface area contributed by atoms with Gasteiger partial charge in [-0.05, 0) is 63.5 Å². The zero-order chi connectivity index (χ0) is 39.7. The van der Waals surface area contributed by atoms with Crippen molar-refractivity contribution in [2.45, 2.75) is 77.0 Å². The SMILES string of the molecule is CCOc1c(Cc2ncc(C3CC3)nc2C(=O)O)cccc1C1=CCOCC1.CCOc1c(Cc2ncc(C3CC3)nc2C(=O)OC)cccc1C1=CCOCC1. The number of carboxylic acid groups (broad SMARTS) is 1. The van der Waals surface area contributed by atoms with Crippen molar-refractivity contribution in [3.8, 4) is 11.5 Å². The molecule has 298 valence electrons. The minimum absolute atomic E-state index is 0.0440. The van der Waals surface area contributed by atoms with E-state index in [1.54, 1.807) is 12.4 Å². The van der Waals surface area contributed by atoms with E-state index in [4.69, 9.17) is 23.7 Å². The Morgan fingerprint density at radius 1 is 0.719 bits per heavy atom. The van der Waals surface area contributed by atoms with Crippen LogP contribution in [0.3, 0.4) is 0 Å². The summed E-state index contributed by atoms with van der Waals surface area (Å²) in [4.78, 5) is 42.2. The van der Waals surface area contributed by atoms with Crippen LogP contribution in [0, 0.1) is 0 Å². The predicted molar refractivity (Wildman–Crippen MR) is 214 cm³/mol. The van der Waals surface area contributed by atoms with Crippen LogP contribution >= 0.6 is 0 Å². The van der Waals surface area contributed by atoms with E-state index in [9.17, 15) is 14.7 Å². The summed E-state index contributed by atoms with van der Waals surface area (Å²) in [6.07, 6.45) is 14.5. The van der Waals surface area contributed by atoms with E-state index in [1.807, 2.05) is 44.2 Å². The summed E-state index contributed by atoms with van der Waals surface area (Å²) in [6, 6.07) is 12.1. The van der Waals surface area contributed by atoms with Gasteiger partial charge in [0.2, 0.25) is 0 Å². The number of benzene rings is 2. The number of para-hydroxylation sites is 2. The van der Waals surface area contributed by atoms with Crippen LogP contribution in [-0.2, 0) is 27.1 Å². The summed E-state index contributed by atoms with van der Waals surface area (Å²) in [7, 11) is 1.38. The molecule has 2 saturated carbocycles. The van der Waals surface area contributed by atoms with Gasteiger partial charge in [0.05, 0.1) is 69.5 Å². The molecule has 0 spiro atoms. The zero-order valence-electron chi connectivity index (χ0n) is 32.9. The van der Waals surface area contributed by atoms with Crippen LogP contribution in [0.25, 0.3) is 11.1 Å². The van der Waals surface area contributed by atoms with E-state index in [-0.39, 0.29) is 5.69 Å². The molecule has 2 aliphatic carbocycles. The smallest absolute Gasteiger partial charge is 0.358 e. The summed E-state index contributed by atoms with van der Waals surface area (Å²) >= 11 is 0. The van der Waals surface area contributed by atoms with Crippen LogP contribution in [0.5, 0.6) is 11.5 Å². The van der Waals surface area contributed by atoms with Gasteiger partial charge in [0.1, 0.15) is 11.5 Å². The molecule has 57 heavy (non-hydrogen) atoms. The second-order valence-corrected chi connectivity index (χ2v) is 14.4. The van der Waals surface area contributed by atoms with Gasteiger partial charge in [-0.2, -0.15) is 0 Å². The summed E-state index contributed by atoms with van der Waals surface area (Å²) in [6.45, 7) is 7.64. The number of carbonyl (C=O) groups is 2. The Morgan fingerprint density at radius 2 is 1.19 bits per heavy atom. The quantitative estimate of drug-likeness (QED) is 0.125. The van der Waals surface area contributed by atoms with Crippen molar-refractivity contribution in [1.29, 1.82) is 0 Å². The fourth-order valence-corrected chi connectivity index (χ4v) is 7.18. The van der Waals surface area contributed by atoms with Crippen LogP contribution in [0.4, 0.5) is 0 Å². The highest BCUT2D eigenvalue weighted by Gasteiger charge is 2.29. The van der Waals surface area contributed by atoms with Gasteiger partial charge >= 0.3 is 11.9 Å². The monoisotopic (exact) mass is 774 g/mol. The Balaban J connectivity index is 0.000000174. The van der Waals surface area contributed by atoms with E-state index in [1.165, 1.54) is 18.3 Å². The topological polar surface area (TPSA) is 152 Å². The highest BCUT2D eigenvalue weighted by Crippen LogP contribution is 2.41. The minimum atomic E-state index is -1.04. The van der Waals surface area contributed by atoms with E-state index in [2.05, 4.69) is 38.2 Å². The van der Waals surface area contributed by atoms with E-state index < -0.39 is 11.9 Å². The van der Waals surface area contributed by atoms with Gasteiger partial charge in [-0.1, -0.05) is 48.6 Å². The molecule has 8 rings (SSSR count). The van der Waals surface area contributed by atoms with Gasteiger partial charge in [0, 0.05) is 59.3 Å². The van der Waals surface area contributed by atoms with Crippen molar-refractivity contribution in [2.24, 2.45) is 0 Å². The lowest BCUT2D eigenvalue weighted by atomic mass is 9.96. The first-order chi connectivity index (χ1) is 27.9. The van der Waals surface area contributed by atoms with Crippen molar-refractivity contribution in [2.75, 3.05) is 46.8 Å². The molecule has 12 heteroatoms. The second-order valence-electron chi connectivity index (χ2n) is 14.4. The number of methoxy groups -OCH3 is 1. The molecule has 0 unspecified atom stereocenters. The Hall–Kier alpha value is -5.46. The van der Waals surface area contributed by atoms with Crippen molar-refractivity contribution in [3.05, 3.63) is 117 Å². The first-order valence-corrected chi connectivity index (χ1v) is 19.9. The van der Waals surface area contributed by atoms with Gasteiger partial charge in [-0.25, -0.2) is 19.6 Å². The number of rotatable bonds is 14. The molecule has 2 aliphatic heterocycles. The lowest BCUT2D eigenvalue weighted by Crippen LogP contribution is -2.13. The molecule has 0 radical (unpaired) electrons. The largest absolute Gasteiger partial charge is 0.493 e. The van der Waals surface area contributed by atoms with Crippen LogP contribution < -0.4 is 9.47 Å². The summed E-state index contributed by atoms with van der Waals surface area (Å²) in [5.41, 5.74) is 9.53. The standard InChI is InChI=1S/C23H26N2O4.C22H24N2O4/c1-3-29-22-17(5-4-6-18(22)15-9-11-28-12-10-15)13-19-21(23(26)27-2)25-20(14-24-19)16-7-8-16;1-2-28-21-16(4-3-5-17(21)14-8-10-27-11-9-14)12-18-20(22(25)26)24-19(13-23-18)15-6-7-15/h4-6,9,14,16H,3,7-8,10-13H2,1-2H3;3-5,8,13,15H,2,6-7,9-12H2,1H3,(H,25,26). The zero-order valence-corrected chi connectivity index (χ0v) is 32.9. The third-order valence-corrected chi connectivity index (χ3v) is 10.4. The van der Waals surface area contributed by atoms with E-state index in [0.717, 1.165) is 83.7 Å². The second kappa shape index (κ2) is 18.7. The number of aromatic nitrogens is 4. The van der Waals surface area contributed by atoms with E-state index in [0.29, 0.717) is 81.4 Å². The van der Waals surface area contributed by atoms with Crippen molar-refractivity contribution in [1.82, 2.24) is 19.9 Å². The minimum Gasteiger partial charge on any atom is -0.493 e. The molecule has 2 fully saturated rings. The molecule has 0 amide bonds. The number of hydrogen-bond donors (Lipinski definition) is 1. The third kappa shape index (κ3) is 9.75. The Kier molecular flexibility index (Phi) is 13.0. The van der Waals surface area contributed by atoms with Gasteiger partial charge in [-0.3, -0.25) is 9.97 Å². The molecule has 0 bridgehead atoms. The number of hydrogen-bond acceptors (Lipinski definition) is 11. The molecule has 12 nitrogen and oxygen atoms in total. The molecule has 4 heterocycles. The molecule has 2 aromatic carbocycles. The lowest BCUT2D eigenvalue weighted by Gasteiger charge is -2.20. The maximum atomic E-state index is 12.4. The fraction of sp³-hybridized carbons (Fsp3) is 0.422. The number of nitrogens with zero attached hydrogens (tertiary/aromatic N) is 4. The average Bonchev–Trinajstić information content (AvgIpc) is 4.18. The normalized spacial score (nSPS) is 16.4. The molecular weight excluding hydrogens is 725 g/mol. The number of esters is 1. The molecule has 0 atom stereocenters. The number of carbonyl (C=O) groups excluding carboxylic acids is 1. The van der Waals surface area contributed by atoms with Crippen molar-refractivity contribution in [3.63, 3.8) is 0 Å². The van der Waals surface area contributed by atoms with Crippen LogP contribution in [0.1, 0.15) is 130 Å². The molecule has 2 aromatic heterocycles. The Labute approximate surface area is 333 Å². The van der Waals surface area contributed by atoms with Gasteiger partial charge in [0.25, 0.3) is 0 Å². The molecular formula is C45H50N4O8. The molecule has 4 aliphatic rings. The van der Waals surface area contributed by atoms with Gasteiger partial charge in [-0.15, -0.1) is 0 Å². The number of aromatic carboxylic acids is 1. The average molecular weight is 775 g/mol. The highest BCUT2D eigenvalue weighted by molar-refractivity contribution is 5.88. The molecule has 4 aromatic rings. The van der Waals surface area contributed by atoms with Crippen LogP contribution in [0.2, 0.25) is 0 Å². The Morgan fingerprint density at radius 3 is 1.60 bits per heavy atom. The first-order valence-electron chi connectivity index (χ1n) is 19.9. The van der Waals surface area contributed by atoms with Crippen molar-refractivity contribution >= 4 is 23.1 Å². The third-order valence-electron chi connectivity index (χ3n) is 10.4. The van der Waals surface area contributed by atoms with Gasteiger partial charge < -0.3 is 28.8 Å². The van der Waals surface area contributed by atoms with Crippen LogP contribution in [-0.4, -0.2) is 83.7 Å². The molecule has 0 saturated heterocycles. The van der Waals surface area contributed by atoms with E-state index >= 15 is 0 Å². The summed E-state index contributed by atoms with van der Waals surface area (Å²) < 4.78 is 27.9. The van der Waals surface area contributed by atoms with Crippen molar-refractivity contribution < 1.29 is 38.4 Å². The van der Waals surface area contributed by atoms with Gasteiger partial charge in [0.15, 0.2) is 11.4 Å². The summed E-state index contributed by atoms with van der Waals surface area (Å²) in [5.74, 6) is 0.933. The fourth-order valence-electron chi connectivity index (χ4n) is 7.18.